The predicted octanol–water partition coefficient (Wildman–Crippen LogP) is 3.28. The minimum Gasteiger partial charge on any atom is -0.494 e. The van der Waals surface area contributed by atoms with Crippen molar-refractivity contribution in [1.82, 2.24) is 5.32 Å². The normalized spacial score (nSPS) is 10.4. The summed E-state index contributed by atoms with van der Waals surface area (Å²) in [6.07, 6.45) is 1.96. The summed E-state index contributed by atoms with van der Waals surface area (Å²) in [5.41, 5.74) is 1.14. The fraction of sp³-hybridized carbons (Fsp3) is 0.538. The van der Waals surface area contributed by atoms with Gasteiger partial charge in [0.25, 0.3) is 0 Å². The van der Waals surface area contributed by atoms with Crippen LogP contribution in [0.5, 0.6) is 5.75 Å². The predicted molar refractivity (Wildman–Crippen MR) is 69.5 cm³/mol. The van der Waals surface area contributed by atoms with Gasteiger partial charge in [-0.2, -0.15) is 0 Å². The SMILES string of the molecule is CCNCCCOc1ccc(Cl)c(CC)c1. The van der Waals surface area contributed by atoms with Crippen molar-refractivity contribution in [3.05, 3.63) is 28.8 Å². The number of ether oxygens (including phenoxy) is 1. The summed E-state index contributed by atoms with van der Waals surface area (Å²) < 4.78 is 5.65. The minimum absolute atomic E-state index is 0.748. The second kappa shape index (κ2) is 7.53. The van der Waals surface area contributed by atoms with Gasteiger partial charge in [-0.3, -0.25) is 0 Å². The van der Waals surface area contributed by atoms with E-state index in [1.165, 1.54) is 0 Å². The van der Waals surface area contributed by atoms with Gasteiger partial charge in [0.2, 0.25) is 0 Å². The number of halogens is 1. The van der Waals surface area contributed by atoms with Gasteiger partial charge in [-0.25, -0.2) is 0 Å². The van der Waals surface area contributed by atoms with Crippen molar-refractivity contribution in [2.45, 2.75) is 26.7 Å². The van der Waals surface area contributed by atoms with Crippen LogP contribution in [0.3, 0.4) is 0 Å². The smallest absolute Gasteiger partial charge is 0.119 e. The maximum Gasteiger partial charge on any atom is 0.119 e. The fourth-order valence-corrected chi connectivity index (χ4v) is 1.73. The van der Waals surface area contributed by atoms with E-state index in [0.29, 0.717) is 0 Å². The van der Waals surface area contributed by atoms with Crippen LogP contribution in [-0.2, 0) is 6.42 Å². The number of aryl methyl sites for hydroxylation is 1. The van der Waals surface area contributed by atoms with Crippen molar-refractivity contribution in [2.24, 2.45) is 0 Å². The third-order valence-electron chi connectivity index (χ3n) is 2.41. The third-order valence-corrected chi connectivity index (χ3v) is 2.78. The molecule has 1 rings (SSSR count). The minimum atomic E-state index is 0.748. The Morgan fingerprint density at radius 2 is 2.12 bits per heavy atom. The monoisotopic (exact) mass is 241 g/mol. The van der Waals surface area contributed by atoms with Crippen LogP contribution in [0.2, 0.25) is 5.02 Å². The van der Waals surface area contributed by atoms with Gasteiger partial charge in [0, 0.05) is 5.02 Å². The summed E-state index contributed by atoms with van der Waals surface area (Å²) in [7, 11) is 0. The molecule has 0 amide bonds. The van der Waals surface area contributed by atoms with Crippen molar-refractivity contribution in [2.75, 3.05) is 19.7 Å². The highest BCUT2D eigenvalue weighted by molar-refractivity contribution is 6.31. The van der Waals surface area contributed by atoms with Crippen LogP contribution in [0.25, 0.3) is 0 Å². The first kappa shape index (κ1) is 13.3. The number of nitrogens with one attached hydrogen (secondary N) is 1. The Morgan fingerprint density at radius 1 is 1.31 bits per heavy atom. The van der Waals surface area contributed by atoms with E-state index in [1.54, 1.807) is 0 Å². The maximum atomic E-state index is 6.03. The summed E-state index contributed by atoms with van der Waals surface area (Å²) in [6, 6.07) is 5.85. The summed E-state index contributed by atoms with van der Waals surface area (Å²) in [6.45, 7) is 6.97. The van der Waals surface area contributed by atoms with Gasteiger partial charge >= 0.3 is 0 Å². The van der Waals surface area contributed by atoms with Gasteiger partial charge in [-0.15, -0.1) is 0 Å². The molecule has 90 valence electrons. The fourth-order valence-electron chi connectivity index (χ4n) is 1.48. The zero-order valence-corrected chi connectivity index (χ0v) is 10.8. The third kappa shape index (κ3) is 4.42. The van der Waals surface area contributed by atoms with E-state index >= 15 is 0 Å². The average molecular weight is 242 g/mol. The van der Waals surface area contributed by atoms with Crippen molar-refractivity contribution >= 4 is 11.6 Å². The molecule has 2 nitrogen and oxygen atoms in total. The molecular weight excluding hydrogens is 222 g/mol. The van der Waals surface area contributed by atoms with Crippen molar-refractivity contribution in [3.63, 3.8) is 0 Å². The molecule has 1 aromatic carbocycles. The topological polar surface area (TPSA) is 21.3 Å². The Hall–Kier alpha value is -0.730. The molecule has 1 N–H and O–H groups in total. The second-order valence-corrected chi connectivity index (χ2v) is 4.07. The quantitative estimate of drug-likeness (QED) is 0.740. The molecule has 0 saturated heterocycles. The summed E-state index contributed by atoms with van der Waals surface area (Å²) in [4.78, 5) is 0. The highest BCUT2D eigenvalue weighted by atomic mass is 35.5. The standard InChI is InChI=1S/C13H20ClNO/c1-3-11-10-12(6-7-13(11)14)16-9-5-8-15-4-2/h6-7,10,15H,3-5,8-9H2,1-2H3. The second-order valence-electron chi connectivity index (χ2n) is 3.66. The molecule has 0 spiro atoms. The molecule has 0 fully saturated rings. The van der Waals surface area contributed by atoms with Crippen molar-refractivity contribution in [1.29, 1.82) is 0 Å². The van der Waals surface area contributed by atoms with Gasteiger partial charge in [0.15, 0.2) is 0 Å². The van der Waals surface area contributed by atoms with E-state index in [9.17, 15) is 0 Å². The summed E-state index contributed by atoms with van der Waals surface area (Å²) in [5, 5.41) is 4.09. The lowest BCUT2D eigenvalue weighted by molar-refractivity contribution is 0.308. The molecule has 0 unspecified atom stereocenters. The Labute approximate surface area is 103 Å². The van der Waals surface area contributed by atoms with E-state index in [-0.39, 0.29) is 0 Å². The Morgan fingerprint density at radius 3 is 2.81 bits per heavy atom. The molecule has 0 aliphatic heterocycles. The highest BCUT2D eigenvalue weighted by Crippen LogP contribution is 2.22. The molecule has 0 aliphatic carbocycles. The van der Waals surface area contributed by atoms with Crippen molar-refractivity contribution < 1.29 is 4.74 Å². The van der Waals surface area contributed by atoms with Crippen LogP contribution in [0.1, 0.15) is 25.8 Å². The van der Waals surface area contributed by atoms with Gasteiger partial charge in [-0.05, 0) is 49.7 Å². The lowest BCUT2D eigenvalue weighted by atomic mass is 10.1. The molecule has 0 radical (unpaired) electrons. The first-order valence-electron chi connectivity index (χ1n) is 5.89. The Balaban J connectivity index is 2.36. The zero-order valence-electron chi connectivity index (χ0n) is 10.1. The zero-order chi connectivity index (χ0) is 11.8. The van der Waals surface area contributed by atoms with Crippen LogP contribution < -0.4 is 10.1 Å². The number of benzene rings is 1. The molecule has 0 aliphatic rings. The van der Waals surface area contributed by atoms with Gasteiger partial charge < -0.3 is 10.1 Å². The highest BCUT2D eigenvalue weighted by Gasteiger charge is 2.00. The van der Waals surface area contributed by atoms with Crippen LogP contribution in [0.15, 0.2) is 18.2 Å². The molecule has 3 heteroatoms. The summed E-state index contributed by atoms with van der Waals surface area (Å²) in [5.74, 6) is 0.915. The molecule has 1 aromatic rings. The molecule has 0 aromatic heterocycles. The number of hydrogen-bond donors (Lipinski definition) is 1. The van der Waals surface area contributed by atoms with E-state index in [0.717, 1.165) is 48.9 Å². The number of hydrogen-bond acceptors (Lipinski definition) is 2. The van der Waals surface area contributed by atoms with Crippen LogP contribution in [0, 0.1) is 0 Å². The number of rotatable bonds is 7. The van der Waals surface area contributed by atoms with Crippen LogP contribution >= 0.6 is 11.6 Å². The molecule has 0 bridgehead atoms. The van der Waals surface area contributed by atoms with Gasteiger partial charge in [-0.1, -0.05) is 25.4 Å². The summed E-state index contributed by atoms with van der Waals surface area (Å²) >= 11 is 6.03. The van der Waals surface area contributed by atoms with Crippen LogP contribution in [0.4, 0.5) is 0 Å². The average Bonchev–Trinajstić information content (AvgIpc) is 2.31. The van der Waals surface area contributed by atoms with Gasteiger partial charge in [0.05, 0.1) is 6.61 Å². The molecule has 0 heterocycles. The van der Waals surface area contributed by atoms with E-state index in [2.05, 4.69) is 19.2 Å². The van der Waals surface area contributed by atoms with E-state index < -0.39 is 0 Å². The lowest BCUT2D eigenvalue weighted by Crippen LogP contribution is -2.16. The largest absolute Gasteiger partial charge is 0.494 e. The van der Waals surface area contributed by atoms with Crippen molar-refractivity contribution in [3.8, 4) is 5.75 Å². The molecule has 16 heavy (non-hydrogen) atoms. The lowest BCUT2D eigenvalue weighted by Gasteiger charge is -2.08. The molecule has 0 atom stereocenters. The first-order chi connectivity index (χ1) is 7.77. The van der Waals surface area contributed by atoms with E-state index in [1.807, 2.05) is 18.2 Å². The van der Waals surface area contributed by atoms with Gasteiger partial charge in [0.1, 0.15) is 5.75 Å². The maximum absolute atomic E-state index is 6.03. The Kier molecular flexibility index (Phi) is 6.27. The first-order valence-corrected chi connectivity index (χ1v) is 6.27. The Bertz CT molecular complexity index is 315. The molecule has 0 saturated carbocycles. The molecular formula is C13H20ClNO. The van der Waals surface area contributed by atoms with E-state index in [4.69, 9.17) is 16.3 Å². The van der Waals surface area contributed by atoms with Crippen LogP contribution in [-0.4, -0.2) is 19.7 Å².